The topological polar surface area (TPSA) is 63.3 Å². The first-order chi connectivity index (χ1) is 9.16. The summed E-state index contributed by atoms with van der Waals surface area (Å²) in [6, 6.07) is 14.4. The van der Waals surface area contributed by atoms with Gasteiger partial charge in [0.15, 0.2) is 0 Å². The molecule has 3 nitrogen and oxygen atoms in total. The van der Waals surface area contributed by atoms with Gasteiger partial charge in [-0.2, -0.15) is 0 Å². The van der Waals surface area contributed by atoms with E-state index in [1.54, 1.807) is 0 Å². The first kappa shape index (κ1) is 13.6. The molecule has 0 aliphatic rings. The lowest BCUT2D eigenvalue weighted by molar-refractivity contribution is -0.137. The van der Waals surface area contributed by atoms with Crippen molar-refractivity contribution in [3.05, 3.63) is 48.0 Å². The van der Waals surface area contributed by atoms with Crippen molar-refractivity contribution in [1.29, 1.82) is 0 Å². The third kappa shape index (κ3) is 3.80. The molecule has 2 aromatic rings. The molecule has 3 heteroatoms. The van der Waals surface area contributed by atoms with Gasteiger partial charge in [0.25, 0.3) is 0 Å². The molecule has 2 rings (SSSR count). The van der Waals surface area contributed by atoms with Crippen molar-refractivity contribution in [3.63, 3.8) is 0 Å². The summed E-state index contributed by atoms with van der Waals surface area (Å²) in [6.07, 6.45) is 2.65. The maximum absolute atomic E-state index is 10.5. The number of carboxylic acids is 1. The van der Waals surface area contributed by atoms with Gasteiger partial charge in [-0.05, 0) is 35.6 Å². The lowest BCUT2D eigenvalue weighted by Gasteiger charge is -2.10. The molecule has 0 radical (unpaired) electrons. The number of aliphatic carboxylic acids is 1. The molecule has 0 bridgehead atoms. The van der Waals surface area contributed by atoms with E-state index in [1.807, 2.05) is 12.1 Å². The van der Waals surface area contributed by atoms with Crippen LogP contribution in [0.2, 0.25) is 0 Å². The summed E-state index contributed by atoms with van der Waals surface area (Å²) < 4.78 is 0. The maximum atomic E-state index is 10.5. The van der Waals surface area contributed by atoms with Crippen molar-refractivity contribution >= 4 is 16.7 Å². The second-order valence-corrected chi connectivity index (χ2v) is 4.89. The monoisotopic (exact) mass is 257 g/mol. The Hall–Kier alpha value is -1.87. The van der Waals surface area contributed by atoms with E-state index in [1.165, 1.54) is 16.3 Å². The summed E-state index contributed by atoms with van der Waals surface area (Å²) in [5.41, 5.74) is 7.08. The molecule has 0 aliphatic carbocycles. The van der Waals surface area contributed by atoms with Crippen LogP contribution in [0.25, 0.3) is 10.8 Å². The van der Waals surface area contributed by atoms with Crippen LogP contribution in [-0.4, -0.2) is 17.1 Å². The van der Waals surface area contributed by atoms with Crippen LogP contribution in [0.15, 0.2) is 42.5 Å². The number of benzene rings is 2. The van der Waals surface area contributed by atoms with Crippen molar-refractivity contribution < 1.29 is 9.90 Å². The van der Waals surface area contributed by atoms with E-state index in [9.17, 15) is 4.79 Å². The van der Waals surface area contributed by atoms with Gasteiger partial charge in [-0.25, -0.2) is 0 Å². The minimum absolute atomic E-state index is 0.0511. The lowest BCUT2D eigenvalue weighted by Crippen LogP contribution is -2.23. The Labute approximate surface area is 113 Å². The van der Waals surface area contributed by atoms with E-state index in [2.05, 4.69) is 30.3 Å². The molecule has 0 aromatic heterocycles. The maximum Gasteiger partial charge on any atom is 0.304 e. The fourth-order valence-electron chi connectivity index (χ4n) is 2.39. The Morgan fingerprint density at radius 2 is 1.89 bits per heavy atom. The van der Waals surface area contributed by atoms with Gasteiger partial charge in [-0.3, -0.25) is 4.79 Å². The highest BCUT2D eigenvalue weighted by atomic mass is 16.4. The average Bonchev–Trinajstić information content (AvgIpc) is 2.38. The minimum atomic E-state index is -0.822. The zero-order valence-electron chi connectivity index (χ0n) is 10.9. The van der Waals surface area contributed by atoms with Gasteiger partial charge in [0, 0.05) is 6.04 Å². The number of hydrogen-bond donors (Lipinski definition) is 2. The van der Waals surface area contributed by atoms with Crippen molar-refractivity contribution in [2.75, 3.05) is 0 Å². The van der Waals surface area contributed by atoms with E-state index >= 15 is 0 Å². The second kappa shape index (κ2) is 6.34. The molecular weight excluding hydrogens is 238 g/mol. The highest BCUT2D eigenvalue weighted by molar-refractivity contribution is 5.85. The van der Waals surface area contributed by atoms with Crippen LogP contribution in [-0.2, 0) is 11.2 Å². The molecule has 3 N–H and O–H groups in total. The predicted octanol–water partition coefficient (Wildman–Crippen LogP) is 2.96. The number of rotatable bonds is 6. The van der Waals surface area contributed by atoms with Crippen LogP contribution in [0.4, 0.5) is 0 Å². The van der Waals surface area contributed by atoms with Gasteiger partial charge >= 0.3 is 5.97 Å². The Kier molecular flexibility index (Phi) is 4.53. The Balaban J connectivity index is 1.97. The third-order valence-electron chi connectivity index (χ3n) is 3.34. The van der Waals surface area contributed by atoms with Crippen molar-refractivity contribution in [2.45, 2.75) is 31.7 Å². The van der Waals surface area contributed by atoms with Crippen LogP contribution < -0.4 is 5.73 Å². The van der Waals surface area contributed by atoms with Gasteiger partial charge in [0.2, 0.25) is 0 Å². The first-order valence-electron chi connectivity index (χ1n) is 6.61. The molecule has 100 valence electrons. The third-order valence-corrected chi connectivity index (χ3v) is 3.34. The summed E-state index contributed by atoms with van der Waals surface area (Å²) >= 11 is 0. The SMILES string of the molecule is NC(CCCc1cccc2ccccc12)CC(=O)O. The van der Waals surface area contributed by atoms with E-state index in [-0.39, 0.29) is 12.5 Å². The second-order valence-electron chi connectivity index (χ2n) is 4.89. The zero-order valence-corrected chi connectivity index (χ0v) is 10.9. The molecule has 0 saturated carbocycles. The van der Waals surface area contributed by atoms with Crippen LogP contribution in [0.3, 0.4) is 0 Å². The van der Waals surface area contributed by atoms with E-state index < -0.39 is 5.97 Å². The molecule has 19 heavy (non-hydrogen) atoms. The summed E-state index contributed by atoms with van der Waals surface area (Å²) in [5.74, 6) is -0.822. The highest BCUT2D eigenvalue weighted by Gasteiger charge is 2.08. The fourth-order valence-corrected chi connectivity index (χ4v) is 2.39. The van der Waals surface area contributed by atoms with Crippen LogP contribution in [0, 0.1) is 0 Å². The summed E-state index contributed by atoms with van der Waals surface area (Å²) in [6.45, 7) is 0. The fraction of sp³-hybridized carbons (Fsp3) is 0.312. The van der Waals surface area contributed by atoms with Gasteiger partial charge in [-0.1, -0.05) is 42.5 Å². The molecule has 0 amide bonds. The number of carboxylic acid groups (broad SMARTS) is 1. The van der Waals surface area contributed by atoms with Crippen molar-refractivity contribution in [2.24, 2.45) is 5.73 Å². The highest BCUT2D eigenvalue weighted by Crippen LogP contribution is 2.20. The molecule has 0 spiro atoms. The molecule has 0 saturated heterocycles. The Morgan fingerprint density at radius 3 is 2.68 bits per heavy atom. The number of carbonyl (C=O) groups is 1. The van der Waals surface area contributed by atoms with Crippen molar-refractivity contribution in [3.8, 4) is 0 Å². The number of aryl methyl sites for hydroxylation is 1. The molecule has 0 aliphatic heterocycles. The molecule has 1 atom stereocenters. The average molecular weight is 257 g/mol. The Bertz CT molecular complexity index is 560. The number of fused-ring (bicyclic) bond motifs is 1. The Morgan fingerprint density at radius 1 is 1.16 bits per heavy atom. The number of nitrogens with two attached hydrogens (primary N) is 1. The molecule has 2 aromatic carbocycles. The molecule has 1 unspecified atom stereocenters. The van der Waals surface area contributed by atoms with Gasteiger partial charge in [0.05, 0.1) is 6.42 Å². The summed E-state index contributed by atoms with van der Waals surface area (Å²) in [5, 5.41) is 11.2. The number of hydrogen-bond acceptors (Lipinski definition) is 2. The van der Waals surface area contributed by atoms with Gasteiger partial charge < -0.3 is 10.8 Å². The van der Waals surface area contributed by atoms with Crippen LogP contribution in [0.1, 0.15) is 24.8 Å². The molecular formula is C16H19NO2. The standard InChI is InChI=1S/C16H19NO2/c17-14(11-16(18)19)9-4-8-13-7-3-6-12-5-1-2-10-15(12)13/h1-3,5-7,10,14H,4,8-9,11,17H2,(H,18,19). The quantitative estimate of drug-likeness (QED) is 0.836. The van der Waals surface area contributed by atoms with Gasteiger partial charge in [0.1, 0.15) is 0 Å². The van der Waals surface area contributed by atoms with Crippen molar-refractivity contribution in [1.82, 2.24) is 0 Å². The molecule has 0 fully saturated rings. The largest absolute Gasteiger partial charge is 0.481 e. The lowest BCUT2D eigenvalue weighted by atomic mass is 9.98. The van der Waals surface area contributed by atoms with Crippen LogP contribution >= 0.6 is 0 Å². The first-order valence-corrected chi connectivity index (χ1v) is 6.61. The zero-order chi connectivity index (χ0) is 13.7. The normalized spacial score (nSPS) is 12.5. The predicted molar refractivity (Wildman–Crippen MR) is 77.1 cm³/mol. The van der Waals surface area contributed by atoms with E-state index in [0.29, 0.717) is 0 Å². The van der Waals surface area contributed by atoms with Crippen LogP contribution in [0.5, 0.6) is 0 Å². The smallest absolute Gasteiger partial charge is 0.304 e. The van der Waals surface area contributed by atoms with E-state index in [4.69, 9.17) is 10.8 Å². The summed E-state index contributed by atoms with van der Waals surface area (Å²) in [7, 11) is 0. The summed E-state index contributed by atoms with van der Waals surface area (Å²) in [4.78, 5) is 10.5. The van der Waals surface area contributed by atoms with E-state index in [0.717, 1.165) is 19.3 Å². The minimum Gasteiger partial charge on any atom is -0.481 e. The molecule has 0 heterocycles. The van der Waals surface area contributed by atoms with Gasteiger partial charge in [-0.15, -0.1) is 0 Å².